The van der Waals surface area contributed by atoms with E-state index in [1.165, 1.54) is 6.07 Å². The zero-order chi connectivity index (χ0) is 19.5. The molecule has 1 aliphatic rings. The normalized spacial score (nSPS) is 17.4. The van der Waals surface area contributed by atoms with E-state index in [0.29, 0.717) is 18.0 Å². The maximum Gasteiger partial charge on any atom is 0.387 e. The Labute approximate surface area is 165 Å². The van der Waals surface area contributed by atoms with Gasteiger partial charge in [0.1, 0.15) is 5.75 Å². The molecule has 3 aromatic rings. The average molecular weight is 406 g/mol. The van der Waals surface area contributed by atoms with Crippen molar-refractivity contribution >= 4 is 11.6 Å². The lowest BCUT2D eigenvalue weighted by atomic mass is 10.0. The molecule has 1 unspecified atom stereocenters. The quantitative estimate of drug-likeness (QED) is 0.555. The lowest BCUT2D eigenvalue weighted by Gasteiger charge is -2.23. The SMILES string of the molecule is FC(F)Oc1ccccc1-c1noc(CN2CCCC2c2ccccc2Cl)n1. The highest BCUT2D eigenvalue weighted by molar-refractivity contribution is 6.31. The molecule has 1 aromatic heterocycles. The second-order valence-electron chi connectivity index (χ2n) is 6.54. The molecule has 1 saturated heterocycles. The predicted octanol–water partition coefficient (Wildman–Crippen LogP) is 5.33. The fraction of sp³-hybridized carbons (Fsp3) is 0.300. The number of benzene rings is 2. The smallest absolute Gasteiger partial charge is 0.387 e. The molecule has 0 radical (unpaired) electrons. The third-order valence-corrected chi connectivity index (χ3v) is 5.12. The maximum absolute atomic E-state index is 12.6. The van der Waals surface area contributed by atoms with Crippen LogP contribution < -0.4 is 4.74 Å². The van der Waals surface area contributed by atoms with Crippen LogP contribution in [0.5, 0.6) is 5.75 Å². The Morgan fingerprint density at radius 1 is 1.18 bits per heavy atom. The maximum atomic E-state index is 12.6. The minimum atomic E-state index is -2.92. The molecule has 0 N–H and O–H groups in total. The summed E-state index contributed by atoms with van der Waals surface area (Å²) in [4.78, 5) is 6.62. The first-order valence-corrected chi connectivity index (χ1v) is 9.35. The summed E-state index contributed by atoms with van der Waals surface area (Å²) < 4.78 is 35.2. The number of rotatable bonds is 6. The fourth-order valence-electron chi connectivity index (χ4n) is 3.57. The highest BCUT2D eigenvalue weighted by atomic mass is 35.5. The Hall–Kier alpha value is -2.51. The van der Waals surface area contributed by atoms with Gasteiger partial charge in [-0.3, -0.25) is 4.90 Å². The molecule has 0 spiro atoms. The second kappa shape index (κ2) is 8.24. The van der Waals surface area contributed by atoms with Crippen molar-refractivity contribution in [2.45, 2.75) is 32.0 Å². The summed E-state index contributed by atoms with van der Waals surface area (Å²) in [6.45, 7) is -1.58. The van der Waals surface area contributed by atoms with Crippen molar-refractivity contribution < 1.29 is 18.0 Å². The van der Waals surface area contributed by atoms with E-state index in [9.17, 15) is 8.78 Å². The number of ether oxygens (including phenoxy) is 1. The second-order valence-corrected chi connectivity index (χ2v) is 6.94. The molecule has 8 heteroatoms. The number of halogens is 3. The van der Waals surface area contributed by atoms with Gasteiger partial charge in [-0.15, -0.1) is 0 Å². The molecular weight excluding hydrogens is 388 g/mol. The number of nitrogens with zero attached hydrogens (tertiary/aromatic N) is 3. The van der Waals surface area contributed by atoms with E-state index in [1.54, 1.807) is 18.2 Å². The first kappa shape index (κ1) is 18.8. The summed E-state index contributed by atoms with van der Waals surface area (Å²) in [5.41, 5.74) is 1.44. The lowest BCUT2D eigenvalue weighted by molar-refractivity contribution is -0.0494. The predicted molar refractivity (Wildman–Crippen MR) is 100 cm³/mol. The standard InChI is InChI=1S/C20H18ClF2N3O2/c21-15-8-3-1-6-13(15)16-9-5-11-26(16)12-18-24-19(25-28-18)14-7-2-4-10-17(14)27-20(22)23/h1-4,6-8,10,16,20H,5,9,11-12H2. The van der Waals surface area contributed by atoms with Gasteiger partial charge in [0.2, 0.25) is 11.7 Å². The number of likely N-dealkylation sites (tertiary alicyclic amines) is 1. The molecule has 1 aliphatic heterocycles. The Balaban J connectivity index is 1.53. The minimum Gasteiger partial charge on any atom is -0.434 e. The Morgan fingerprint density at radius 3 is 2.79 bits per heavy atom. The van der Waals surface area contributed by atoms with Gasteiger partial charge in [-0.1, -0.05) is 47.1 Å². The molecule has 0 aliphatic carbocycles. The van der Waals surface area contributed by atoms with Gasteiger partial charge < -0.3 is 9.26 Å². The van der Waals surface area contributed by atoms with E-state index >= 15 is 0 Å². The molecule has 2 aromatic carbocycles. The minimum absolute atomic E-state index is 0.0139. The number of para-hydroxylation sites is 1. The van der Waals surface area contributed by atoms with Gasteiger partial charge in [0, 0.05) is 11.1 Å². The molecule has 28 heavy (non-hydrogen) atoms. The van der Waals surface area contributed by atoms with Crippen LogP contribution >= 0.6 is 11.6 Å². The van der Waals surface area contributed by atoms with Crippen LogP contribution in [0, 0.1) is 0 Å². The van der Waals surface area contributed by atoms with Crippen molar-refractivity contribution in [3.05, 3.63) is 65.0 Å². The van der Waals surface area contributed by atoms with Crippen molar-refractivity contribution in [3.8, 4) is 17.1 Å². The van der Waals surface area contributed by atoms with Crippen molar-refractivity contribution in [3.63, 3.8) is 0 Å². The average Bonchev–Trinajstić information content (AvgIpc) is 3.32. The molecule has 5 nitrogen and oxygen atoms in total. The molecule has 1 fully saturated rings. The molecular formula is C20H18ClF2N3O2. The Kier molecular flexibility index (Phi) is 5.54. The van der Waals surface area contributed by atoms with Gasteiger partial charge >= 0.3 is 6.61 Å². The number of alkyl halides is 2. The van der Waals surface area contributed by atoms with Gasteiger partial charge in [0.05, 0.1) is 12.1 Å². The van der Waals surface area contributed by atoms with E-state index in [-0.39, 0.29) is 17.6 Å². The van der Waals surface area contributed by atoms with Gasteiger partial charge in [0.15, 0.2) is 0 Å². The molecule has 0 bridgehead atoms. The van der Waals surface area contributed by atoms with Crippen LogP contribution in [-0.2, 0) is 6.54 Å². The first-order chi connectivity index (χ1) is 13.6. The molecule has 4 rings (SSSR count). The van der Waals surface area contributed by atoms with Crippen LogP contribution in [0.25, 0.3) is 11.4 Å². The first-order valence-electron chi connectivity index (χ1n) is 8.97. The van der Waals surface area contributed by atoms with Crippen LogP contribution in [-0.4, -0.2) is 28.2 Å². The highest BCUT2D eigenvalue weighted by Crippen LogP contribution is 2.36. The molecule has 2 heterocycles. The summed E-state index contributed by atoms with van der Waals surface area (Å²) in [6.07, 6.45) is 2.04. The van der Waals surface area contributed by atoms with Crippen LogP contribution in [0.15, 0.2) is 53.1 Å². The summed E-state index contributed by atoms with van der Waals surface area (Å²) in [5, 5.41) is 4.69. The monoisotopic (exact) mass is 405 g/mol. The summed E-state index contributed by atoms with van der Waals surface area (Å²) in [5.74, 6) is 0.653. The van der Waals surface area contributed by atoms with Crippen LogP contribution in [0.1, 0.15) is 30.3 Å². The molecule has 1 atom stereocenters. The van der Waals surface area contributed by atoms with Gasteiger partial charge in [-0.2, -0.15) is 13.8 Å². The topological polar surface area (TPSA) is 51.4 Å². The van der Waals surface area contributed by atoms with Gasteiger partial charge in [-0.25, -0.2) is 0 Å². The van der Waals surface area contributed by atoms with Crippen molar-refractivity contribution in [2.24, 2.45) is 0 Å². The molecule has 146 valence electrons. The summed E-state index contributed by atoms with van der Waals surface area (Å²) in [6, 6.07) is 14.4. The lowest BCUT2D eigenvalue weighted by Crippen LogP contribution is -2.23. The number of hydrogen-bond donors (Lipinski definition) is 0. The van der Waals surface area contributed by atoms with Crippen LogP contribution in [0.4, 0.5) is 8.78 Å². The third kappa shape index (κ3) is 4.00. The number of hydrogen-bond acceptors (Lipinski definition) is 5. The van der Waals surface area contributed by atoms with E-state index in [2.05, 4.69) is 19.8 Å². The molecule has 0 saturated carbocycles. The van der Waals surface area contributed by atoms with Crippen LogP contribution in [0.3, 0.4) is 0 Å². The molecule has 0 amide bonds. The Morgan fingerprint density at radius 2 is 1.96 bits per heavy atom. The van der Waals surface area contributed by atoms with E-state index in [0.717, 1.165) is 30.0 Å². The summed E-state index contributed by atoms with van der Waals surface area (Å²) in [7, 11) is 0. The number of aromatic nitrogens is 2. The zero-order valence-electron chi connectivity index (χ0n) is 14.9. The zero-order valence-corrected chi connectivity index (χ0v) is 15.6. The fourth-order valence-corrected chi connectivity index (χ4v) is 3.83. The van der Waals surface area contributed by atoms with Gasteiger partial charge in [-0.05, 0) is 43.1 Å². The third-order valence-electron chi connectivity index (χ3n) is 4.78. The van der Waals surface area contributed by atoms with Crippen molar-refractivity contribution in [1.29, 1.82) is 0 Å². The van der Waals surface area contributed by atoms with E-state index < -0.39 is 6.61 Å². The van der Waals surface area contributed by atoms with Crippen LogP contribution in [0.2, 0.25) is 5.02 Å². The summed E-state index contributed by atoms with van der Waals surface area (Å²) >= 11 is 6.36. The van der Waals surface area contributed by atoms with Crippen molar-refractivity contribution in [1.82, 2.24) is 15.0 Å². The van der Waals surface area contributed by atoms with E-state index in [1.807, 2.05) is 24.3 Å². The largest absolute Gasteiger partial charge is 0.434 e. The van der Waals surface area contributed by atoms with Crippen molar-refractivity contribution in [2.75, 3.05) is 6.54 Å². The Bertz CT molecular complexity index is 950. The van der Waals surface area contributed by atoms with E-state index in [4.69, 9.17) is 16.1 Å². The highest BCUT2D eigenvalue weighted by Gasteiger charge is 2.29. The van der Waals surface area contributed by atoms with Gasteiger partial charge in [0.25, 0.3) is 0 Å².